The first kappa shape index (κ1) is 19.9. The van der Waals surface area contributed by atoms with Crippen LogP contribution >= 0.6 is 11.8 Å². The van der Waals surface area contributed by atoms with E-state index in [0.29, 0.717) is 22.6 Å². The summed E-state index contributed by atoms with van der Waals surface area (Å²) in [4.78, 5) is 33.8. The lowest BCUT2D eigenvalue weighted by Gasteiger charge is -2.52. The summed E-state index contributed by atoms with van der Waals surface area (Å²) in [5.41, 5.74) is 0.321. The Kier molecular flexibility index (Phi) is 5.65. The van der Waals surface area contributed by atoms with Crippen molar-refractivity contribution < 1.29 is 14.3 Å². The van der Waals surface area contributed by atoms with E-state index in [1.807, 2.05) is 31.9 Å². The largest absolute Gasteiger partial charge is 0.444 e. The first-order valence-electron chi connectivity index (χ1n) is 9.34. The molecule has 1 N–H and O–H groups in total. The van der Waals surface area contributed by atoms with Crippen molar-refractivity contribution in [3.05, 3.63) is 11.8 Å². The van der Waals surface area contributed by atoms with Crippen molar-refractivity contribution in [2.45, 2.75) is 63.3 Å². The SMILES string of the molecule is CSc1ncc(C=O)c(NC2CC3(CCN(C(=O)OC(C)(C)C)CC3)C2)n1. The third-order valence-electron chi connectivity index (χ3n) is 5.28. The highest BCUT2D eigenvalue weighted by atomic mass is 32.2. The number of carbonyl (C=O) groups excluding carboxylic acids is 2. The third kappa shape index (κ3) is 4.72. The summed E-state index contributed by atoms with van der Waals surface area (Å²) in [5.74, 6) is 0.621. The van der Waals surface area contributed by atoms with Gasteiger partial charge in [-0.2, -0.15) is 0 Å². The summed E-state index contributed by atoms with van der Waals surface area (Å²) in [5, 5.41) is 4.06. The number of nitrogens with one attached hydrogen (secondary N) is 1. The Bertz CT molecular complexity index is 703. The van der Waals surface area contributed by atoms with Crippen LogP contribution in [0, 0.1) is 5.41 Å². The topological polar surface area (TPSA) is 84.4 Å². The number of rotatable bonds is 4. The molecular formula is C19H28N4O3S. The zero-order chi connectivity index (χ0) is 19.7. The Hall–Kier alpha value is -1.83. The average Bonchev–Trinajstić information content (AvgIpc) is 2.59. The molecular weight excluding hydrogens is 364 g/mol. The lowest BCUT2D eigenvalue weighted by atomic mass is 9.60. The standard InChI is InChI=1S/C19H28N4O3S/c1-18(2,3)26-17(25)23-7-5-19(6-8-23)9-14(10-19)21-15-13(12-24)11-20-16(22-15)27-4/h11-12,14H,5-10H2,1-4H3,(H,20,21,22). The van der Waals surface area contributed by atoms with Gasteiger partial charge in [0.1, 0.15) is 11.4 Å². The van der Waals surface area contributed by atoms with Crippen molar-refractivity contribution in [1.29, 1.82) is 0 Å². The molecule has 2 aliphatic rings. The fourth-order valence-electron chi connectivity index (χ4n) is 3.85. The molecule has 0 aromatic carbocycles. The lowest BCUT2D eigenvalue weighted by Crippen LogP contribution is -2.53. The van der Waals surface area contributed by atoms with Crippen LogP contribution in [0.1, 0.15) is 56.8 Å². The van der Waals surface area contributed by atoms with Gasteiger partial charge in [0.05, 0.1) is 5.56 Å². The molecule has 1 saturated heterocycles. The maximum Gasteiger partial charge on any atom is 0.410 e. The van der Waals surface area contributed by atoms with Gasteiger partial charge in [0, 0.05) is 25.3 Å². The molecule has 1 amide bonds. The average molecular weight is 393 g/mol. The monoisotopic (exact) mass is 392 g/mol. The van der Waals surface area contributed by atoms with E-state index in [4.69, 9.17) is 4.74 Å². The van der Waals surface area contributed by atoms with Crippen molar-refractivity contribution >= 4 is 30.0 Å². The Morgan fingerprint density at radius 1 is 1.37 bits per heavy atom. The fraction of sp³-hybridized carbons (Fsp3) is 0.684. The minimum atomic E-state index is -0.457. The van der Waals surface area contributed by atoms with Crippen LogP contribution in [0.3, 0.4) is 0 Å². The van der Waals surface area contributed by atoms with Gasteiger partial charge in [-0.25, -0.2) is 14.8 Å². The number of anilines is 1. The first-order valence-corrected chi connectivity index (χ1v) is 10.6. The number of ether oxygens (including phenoxy) is 1. The molecule has 3 rings (SSSR count). The summed E-state index contributed by atoms with van der Waals surface area (Å²) in [6.45, 7) is 7.15. The van der Waals surface area contributed by atoms with E-state index < -0.39 is 5.60 Å². The van der Waals surface area contributed by atoms with Gasteiger partial charge in [-0.15, -0.1) is 0 Å². The van der Waals surface area contributed by atoms with Crippen LogP contribution in [0.25, 0.3) is 0 Å². The second kappa shape index (κ2) is 7.66. The zero-order valence-corrected chi connectivity index (χ0v) is 17.3. The van der Waals surface area contributed by atoms with Gasteiger partial charge in [-0.3, -0.25) is 4.79 Å². The van der Waals surface area contributed by atoms with Crippen LogP contribution in [-0.2, 0) is 4.74 Å². The Morgan fingerprint density at radius 3 is 2.59 bits per heavy atom. The van der Waals surface area contributed by atoms with Crippen LogP contribution in [-0.4, -0.2) is 58.2 Å². The minimum absolute atomic E-state index is 0.215. The summed E-state index contributed by atoms with van der Waals surface area (Å²) in [7, 11) is 0. The number of hydrogen-bond donors (Lipinski definition) is 1. The summed E-state index contributed by atoms with van der Waals surface area (Å²) < 4.78 is 5.47. The molecule has 1 aliphatic carbocycles. The molecule has 2 heterocycles. The number of likely N-dealkylation sites (tertiary alicyclic amines) is 1. The van der Waals surface area contributed by atoms with Gasteiger partial charge in [-0.05, 0) is 58.1 Å². The molecule has 1 saturated carbocycles. The Labute approximate surface area is 164 Å². The van der Waals surface area contributed by atoms with Crippen LogP contribution in [0.2, 0.25) is 0 Å². The van der Waals surface area contributed by atoms with E-state index in [0.717, 1.165) is 45.1 Å². The summed E-state index contributed by atoms with van der Waals surface area (Å²) in [6, 6.07) is 0.307. The molecule has 1 spiro atoms. The maximum absolute atomic E-state index is 12.2. The molecule has 0 unspecified atom stereocenters. The van der Waals surface area contributed by atoms with Crippen molar-refractivity contribution in [1.82, 2.24) is 14.9 Å². The maximum atomic E-state index is 12.2. The predicted octanol–water partition coefficient (Wildman–Crippen LogP) is 3.60. The number of aromatic nitrogens is 2. The van der Waals surface area contributed by atoms with E-state index in [9.17, 15) is 9.59 Å². The highest BCUT2D eigenvalue weighted by molar-refractivity contribution is 7.98. The highest BCUT2D eigenvalue weighted by Crippen LogP contribution is 2.50. The highest BCUT2D eigenvalue weighted by Gasteiger charge is 2.47. The smallest absolute Gasteiger partial charge is 0.410 e. The molecule has 27 heavy (non-hydrogen) atoms. The Balaban J connectivity index is 1.52. The predicted molar refractivity (Wildman–Crippen MR) is 105 cm³/mol. The second-order valence-electron chi connectivity index (χ2n) is 8.50. The molecule has 1 aliphatic heterocycles. The van der Waals surface area contributed by atoms with E-state index >= 15 is 0 Å². The molecule has 1 aromatic rings. The van der Waals surface area contributed by atoms with Crippen LogP contribution in [0.5, 0.6) is 0 Å². The van der Waals surface area contributed by atoms with Crippen LogP contribution in [0.15, 0.2) is 11.4 Å². The van der Waals surface area contributed by atoms with Crippen molar-refractivity contribution in [2.75, 3.05) is 24.7 Å². The van der Waals surface area contributed by atoms with E-state index in [2.05, 4.69) is 15.3 Å². The number of nitrogens with zero attached hydrogens (tertiary/aromatic N) is 3. The third-order valence-corrected chi connectivity index (χ3v) is 5.84. The van der Waals surface area contributed by atoms with Crippen LogP contribution in [0.4, 0.5) is 10.6 Å². The normalized spacial score (nSPS) is 19.5. The van der Waals surface area contributed by atoms with Gasteiger partial charge < -0.3 is 15.0 Å². The van der Waals surface area contributed by atoms with Crippen molar-refractivity contribution in [3.8, 4) is 0 Å². The Morgan fingerprint density at radius 2 is 2.04 bits per heavy atom. The first-order chi connectivity index (χ1) is 12.7. The number of piperidine rings is 1. The van der Waals surface area contributed by atoms with E-state index in [-0.39, 0.29) is 11.5 Å². The molecule has 2 fully saturated rings. The second-order valence-corrected chi connectivity index (χ2v) is 9.27. The lowest BCUT2D eigenvalue weighted by molar-refractivity contribution is -0.00863. The summed E-state index contributed by atoms with van der Waals surface area (Å²) in [6.07, 6.45) is 8.11. The van der Waals surface area contributed by atoms with Gasteiger partial charge in [-0.1, -0.05) is 11.8 Å². The fourth-order valence-corrected chi connectivity index (χ4v) is 4.20. The van der Waals surface area contributed by atoms with Gasteiger partial charge in [0.15, 0.2) is 11.4 Å². The quantitative estimate of drug-likeness (QED) is 0.476. The number of amides is 1. The number of hydrogen-bond acceptors (Lipinski definition) is 7. The summed E-state index contributed by atoms with van der Waals surface area (Å²) >= 11 is 1.46. The van der Waals surface area contributed by atoms with E-state index in [1.54, 1.807) is 6.20 Å². The van der Waals surface area contributed by atoms with Crippen LogP contribution < -0.4 is 5.32 Å². The minimum Gasteiger partial charge on any atom is -0.444 e. The number of carbonyl (C=O) groups is 2. The molecule has 8 heteroatoms. The molecule has 7 nitrogen and oxygen atoms in total. The van der Waals surface area contributed by atoms with Gasteiger partial charge in [0.2, 0.25) is 0 Å². The number of aldehydes is 1. The van der Waals surface area contributed by atoms with Crippen molar-refractivity contribution in [2.24, 2.45) is 5.41 Å². The van der Waals surface area contributed by atoms with Gasteiger partial charge >= 0.3 is 6.09 Å². The van der Waals surface area contributed by atoms with Crippen molar-refractivity contribution in [3.63, 3.8) is 0 Å². The molecule has 1 aromatic heterocycles. The molecule has 0 radical (unpaired) electrons. The molecule has 148 valence electrons. The molecule has 0 atom stereocenters. The number of thioether (sulfide) groups is 1. The van der Waals surface area contributed by atoms with E-state index in [1.165, 1.54) is 11.8 Å². The molecule has 0 bridgehead atoms. The van der Waals surface area contributed by atoms with Gasteiger partial charge in [0.25, 0.3) is 0 Å². The zero-order valence-electron chi connectivity index (χ0n) is 16.4.